The molecule has 1 aromatic rings. The molecule has 1 aliphatic carbocycles. The summed E-state index contributed by atoms with van der Waals surface area (Å²) in [4.78, 5) is 12.4. The summed E-state index contributed by atoms with van der Waals surface area (Å²) in [5.74, 6) is 0.150. The molecule has 23 heavy (non-hydrogen) atoms. The number of hydrogen-bond acceptors (Lipinski definition) is 3. The van der Waals surface area contributed by atoms with Crippen LogP contribution in [0.1, 0.15) is 44.1 Å². The SMILES string of the molecule is CS(=O)(=O)N1CCCc2ccc(NC(=O)C3CCCCC3)cc21. The van der Waals surface area contributed by atoms with E-state index in [1.807, 2.05) is 12.1 Å². The van der Waals surface area contributed by atoms with E-state index in [1.165, 1.54) is 17.0 Å². The lowest BCUT2D eigenvalue weighted by molar-refractivity contribution is -0.120. The van der Waals surface area contributed by atoms with Crippen LogP contribution in [0.5, 0.6) is 0 Å². The molecule has 126 valence electrons. The minimum atomic E-state index is -3.28. The number of benzene rings is 1. The highest BCUT2D eigenvalue weighted by Gasteiger charge is 2.25. The molecule has 1 fully saturated rings. The van der Waals surface area contributed by atoms with Gasteiger partial charge in [-0.15, -0.1) is 0 Å². The van der Waals surface area contributed by atoms with Crippen molar-refractivity contribution in [2.24, 2.45) is 5.92 Å². The zero-order valence-electron chi connectivity index (χ0n) is 13.5. The van der Waals surface area contributed by atoms with Crippen LogP contribution in [0, 0.1) is 5.92 Å². The fourth-order valence-electron chi connectivity index (χ4n) is 3.57. The van der Waals surface area contributed by atoms with Crippen molar-refractivity contribution in [1.29, 1.82) is 0 Å². The predicted octanol–water partition coefficient (Wildman–Crippen LogP) is 2.92. The molecule has 0 unspecified atom stereocenters. The molecule has 6 heteroatoms. The standard InChI is InChI=1S/C17H24N2O3S/c1-23(21,22)19-11-5-8-13-9-10-15(12-16(13)19)18-17(20)14-6-3-2-4-7-14/h9-10,12,14H,2-8,11H2,1H3,(H,18,20). The minimum Gasteiger partial charge on any atom is -0.326 e. The van der Waals surface area contributed by atoms with E-state index in [2.05, 4.69) is 5.32 Å². The minimum absolute atomic E-state index is 0.0614. The first-order valence-electron chi connectivity index (χ1n) is 8.36. The Morgan fingerprint density at radius 2 is 1.91 bits per heavy atom. The van der Waals surface area contributed by atoms with E-state index >= 15 is 0 Å². The van der Waals surface area contributed by atoms with Crippen LogP contribution in [0.2, 0.25) is 0 Å². The van der Waals surface area contributed by atoms with E-state index < -0.39 is 10.0 Å². The number of carbonyl (C=O) groups excluding carboxylic acids is 1. The van der Waals surface area contributed by atoms with E-state index in [-0.39, 0.29) is 11.8 Å². The van der Waals surface area contributed by atoms with Gasteiger partial charge in [0.05, 0.1) is 11.9 Å². The smallest absolute Gasteiger partial charge is 0.232 e. The van der Waals surface area contributed by atoms with E-state index in [1.54, 1.807) is 6.07 Å². The van der Waals surface area contributed by atoms with Gasteiger partial charge in [-0.3, -0.25) is 9.10 Å². The molecule has 1 aromatic carbocycles. The molecule has 1 amide bonds. The number of amides is 1. The lowest BCUT2D eigenvalue weighted by Gasteiger charge is -2.30. The molecule has 5 nitrogen and oxygen atoms in total. The van der Waals surface area contributed by atoms with Gasteiger partial charge in [-0.1, -0.05) is 25.3 Å². The number of sulfonamides is 1. The van der Waals surface area contributed by atoms with Gasteiger partial charge in [0.1, 0.15) is 0 Å². The maximum atomic E-state index is 12.4. The molecular weight excluding hydrogens is 312 g/mol. The van der Waals surface area contributed by atoms with Gasteiger partial charge in [0.25, 0.3) is 0 Å². The van der Waals surface area contributed by atoms with E-state index in [4.69, 9.17) is 0 Å². The Balaban J connectivity index is 1.80. The second-order valence-electron chi connectivity index (χ2n) is 6.61. The number of carbonyl (C=O) groups is 1. The summed E-state index contributed by atoms with van der Waals surface area (Å²) in [5, 5.41) is 2.97. The topological polar surface area (TPSA) is 66.5 Å². The molecule has 0 saturated heterocycles. The zero-order valence-corrected chi connectivity index (χ0v) is 14.4. The molecule has 3 rings (SSSR count). The first kappa shape index (κ1) is 16.3. The van der Waals surface area contributed by atoms with Crippen LogP contribution in [-0.2, 0) is 21.2 Å². The van der Waals surface area contributed by atoms with E-state index in [9.17, 15) is 13.2 Å². The molecule has 1 aliphatic heterocycles. The van der Waals surface area contributed by atoms with Gasteiger partial charge in [-0.2, -0.15) is 0 Å². The average Bonchev–Trinajstić information content (AvgIpc) is 2.54. The highest BCUT2D eigenvalue weighted by Crippen LogP contribution is 2.32. The van der Waals surface area contributed by atoms with Crippen LogP contribution in [0.15, 0.2) is 18.2 Å². The fraction of sp³-hybridized carbons (Fsp3) is 0.588. The lowest BCUT2D eigenvalue weighted by atomic mass is 9.88. The molecule has 1 N–H and O–H groups in total. The largest absolute Gasteiger partial charge is 0.326 e. The lowest BCUT2D eigenvalue weighted by Crippen LogP contribution is -2.34. The summed E-state index contributed by atoms with van der Waals surface area (Å²) < 4.78 is 25.4. The molecule has 0 bridgehead atoms. The maximum absolute atomic E-state index is 12.4. The Bertz CT molecular complexity index is 694. The third-order valence-electron chi connectivity index (χ3n) is 4.81. The van der Waals surface area contributed by atoms with Gasteiger partial charge >= 0.3 is 0 Å². The molecule has 0 aromatic heterocycles. The zero-order chi connectivity index (χ0) is 16.4. The summed E-state index contributed by atoms with van der Waals surface area (Å²) in [6.45, 7) is 0.506. The maximum Gasteiger partial charge on any atom is 0.232 e. The average molecular weight is 336 g/mol. The van der Waals surface area contributed by atoms with Gasteiger partial charge in [-0.25, -0.2) is 8.42 Å². The molecule has 0 spiro atoms. The number of nitrogens with one attached hydrogen (secondary N) is 1. The highest BCUT2D eigenvalue weighted by molar-refractivity contribution is 7.92. The molecule has 0 atom stereocenters. The summed E-state index contributed by atoms with van der Waals surface area (Å²) in [6, 6.07) is 5.62. The number of hydrogen-bond donors (Lipinski definition) is 1. The fourth-order valence-corrected chi connectivity index (χ4v) is 4.56. The van der Waals surface area contributed by atoms with Crippen LogP contribution in [0.4, 0.5) is 11.4 Å². The van der Waals surface area contributed by atoms with Gasteiger partial charge < -0.3 is 5.32 Å². The Hall–Kier alpha value is -1.56. The van der Waals surface area contributed by atoms with Crippen molar-refractivity contribution in [2.45, 2.75) is 44.9 Å². The molecule has 1 heterocycles. The van der Waals surface area contributed by atoms with Crippen molar-refractivity contribution in [2.75, 3.05) is 22.4 Å². The summed E-state index contributed by atoms with van der Waals surface area (Å²) >= 11 is 0. The highest BCUT2D eigenvalue weighted by atomic mass is 32.2. The van der Waals surface area contributed by atoms with Crippen molar-refractivity contribution in [3.8, 4) is 0 Å². The normalized spacial score (nSPS) is 19.3. The second kappa shape index (κ2) is 6.51. The van der Waals surface area contributed by atoms with Crippen LogP contribution >= 0.6 is 0 Å². The van der Waals surface area contributed by atoms with Crippen molar-refractivity contribution in [3.05, 3.63) is 23.8 Å². The van der Waals surface area contributed by atoms with Crippen molar-refractivity contribution >= 4 is 27.3 Å². The van der Waals surface area contributed by atoms with Gasteiger partial charge in [0.2, 0.25) is 15.9 Å². The Morgan fingerprint density at radius 1 is 1.17 bits per heavy atom. The molecular formula is C17H24N2O3S. The quantitative estimate of drug-likeness (QED) is 0.923. The summed E-state index contributed by atoms with van der Waals surface area (Å²) in [5.41, 5.74) is 2.42. The number of fused-ring (bicyclic) bond motifs is 1. The van der Waals surface area contributed by atoms with Gasteiger partial charge in [0, 0.05) is 18.2 Å². The number of nitrogens with zero attached hydrogens (tertiary/aromatic N) is 1. The number of rotatable bonds is 3. The monoisotopic (exact) mass is 336 g/mol. The molecule has 2 aliphatic rings. The van der Waals surface area contributed by atoms with Crippen LogP contribution < -0.4 is 9.62 Å². The molecule has 0 radical (unpaired) electrons. The van der Waals surface area contributed by atoms with E-state index in [0.717, 1.165) is 44.1 Å². The van der Waals surface area contributed by atoms with Crippen LogP contribution in [0.3, 0.4) is 0 Å². The third-order valence-corrected chi connectivity index (χ3v) is 5.99. The van der Waals surface area contributed by atoms with Crippen molar-refractivity contribution < 1.29 is 13.2 Å². The Morgan fingerprint density at radius 3 is 2.61 bits per heavy atom. The van der Waals surface area contributed by atoms with Crippen molar-refractivity contribution in [1.82, 2.24) is 0 Å². The summed E-state index contributed by atoms with van der Waals surface area (Å²) in [6.07, 6.45) is 8.28. The van der Waals surface area contributed by atoms with Gasteiger partial charge in [-0.05, 0) is 43.4 Å². The van der Waals surface area contributed by atoms with Crippen LogP contribution in [-0.4, -0.2) is 27.1 Å². The Kier molecular flexibility index (Phi) is 4.62. The molecule has 1 saturated carbocycles. The first-order valence-corrected chi connectivity index (χ1v) is 10.2. The number of anilines is 2. The first-order chi connectivity index (χ1) is 10.9. The summed E-state index contributed by atoms with van der Waals surface area (Å²) in [7, 11) is -3.28. The van der Waals surface area contributed by atoms with E-state index in [0.29, 0.717) is 17.9 Å². The third kappa shape index (κ3) is 3.68. The second-order valence-corrected chi connectivity index (χ2v) is 8.51. The van der Waals surface area contributed by atoms with Crippen LogP contribution in [0.25, 0.3) is 0 Å². The number of aryl methyl sites for hydroxylation is 1. The van der Waals surface area contributed by atoms with Crippen molar-refractivity contribution in [3.63, 3.8) is 0 Å². The van der Waals surface area contributed by atoms with Gasteiger partial charge in [0.15, 0.2) is 0 Å². The Labute approximate surface area is 138 Å². The predicted molar refractivity (Wildman–Crippen MR) is 92.2 cm³/mol.